The lowest BCUT2D eigenvalue weighted by Gasteiger charge is -2.24. The number of amides is 1. The number of carbonyl (C=O) groups is 3. The van der Waals surface area contributed by atoms with Gasteiger partial charge in [-0.25, -0.2) is 18.4 Å². The van der Waals surface area contributed by atoms with E-state index < -0.39 is 39.2 Å². The molecule has 0 aliphatic carbocycles. The Bertz CT molecular complexity index is 516. The van der Waals surface area contributed by atoms with Crippen molar-refractivity contribution < 1.29 is 33.0 Å². The number of carbonyl (C=O) groups excluding carboxylic acids is 1. The van der Waals surface area contributed by atoms with Crippen LogP contribution >= 0.6 is 0 Å². The van der Waals surface area contributed by atoms with Crippen molar-refractivity contribution in [2.24, 2.45) is 5.14 Å². The molecule has 9 nitrogen and oxygen atoms in total. The van der Waals surface area contributed by atoms with Gasteiger partial charge in [0.15, 0.2) is 0 Å². The van der Waals surface area contributed by atoms with E-state index in [4.69, 9.17) is 15.4 Å². The van der Waals surface area contributed by atoms with Crippen molar-refractivity contribution >= 4 is 27.9 Å². The van der Waals surface area contributed by atoms with Crippen LogP contribution in [0.4, 0.5) is 0 Å². The Morgan fingerprint density at radius 2 is 2.00 bits per heavy atom. The zero-order valence-electron chi connectivity index (χ0n) is 10.6. The number of rotatable bonds is 7. The third kappa shape index (κ3) is 4.17. The summed E-state index contributed by atoms with van der Waals surface area (Å²) in [6.45, 7) is -0.276. The maximum absolute atomic E-state index is 11.7. The van der Waals surface area contributed by atoms with Crippen molar-refractivity contribution in [2.45, 2.75) is 37.0 Å². The summed E-state index contributed by atoms with van der Waals surface area (Å²) >= 11 is 0. The van der Waals surface area contributed by atoms with E-state index in [2.05, 4.69) is 0 Å². The molecule has 1 heterocycles. The molecular formula is C10H16N2O7S. The van der Waals surface area contributed by atoms with Crippen LogP contribution in [0.15, 0.2) is 0 Å². The fourth-order valence-corrected chi connectivity index (χ4v) is 2.82. The first kappa shape index (κ1) is 16.4. The number of aliphatic carboxylic acids is 2. The van der Waals surface area contributed by atoms with Crippen LogP contribution in [-0.4, -0.2) is 59.2 Å². The third-order valence-electron chi connectivity index (χ3n) is 3.12. The van der Waals surface area contributed by atoms with Crippen LogP contribution < -0.4 is 5.14 Å². The van der Waals surface area contributed by atoms with Gasteiger partial charge in [0.25, 0.3) is 0 Å². The highest BCUT2D eigenvalue weighted by Gasteiger charge is 2.41. The van der Waals surface area contributed by atoms with Gasteiger partial charge in [-0.15, -0.1) is 0 Å². The van der Waals surface area contributed by atoms with Gasteiger partial charge < -0.3 is 15.1 Å². The van der Waals surface area contributed by atoms with E-state index in [1.807, 2.05) is 0 Å². The number of carboxylic acids is 2. The zero-order valence-corrected chi connectivity index (χ0v) is 11.4. The first-order valence-electron chi connectivity index (χ1n) is 5.88. The third-order valence-corrected chi connectivity index (χ3v) is 4.36. The van der Waals surface area contributed by atoms with Crippen LogP contribution in [0.1, 0.15) is 25.7 Å². The highest BCUT2D eigenvalue weighted by molar-refractivity contribution is 7.89. The molecule has 0 radical (unpaired) electrons. The lowest BCUT2D eigenvalue weighted by molar-refractivity contribution is -0.149. The average Bonchev–Trinajstić information content (AvgIpc) is 2.65. The van der Waals surface area contributed by atoms with Gasteiger partial charge in [0, 0.05) is 19.4 Å². The number of hydrogen-bond donors (Lipinski definition) is 3. The van der Waals surface area contributed by atoms with E-state index in [9.17, 15) is 22.8 Å². The Labute approximate surface area is 115 Å². The number of nitrogens with two attached hydrogens (primary N) is 1. The Morgan fingerprint density at radius 3 is 2.40 bits per heavy atom. The van der Waals surface area contributed by atoms with E-state index >= 15 is 0 Å². The molecule has 0 bridgehead atoms. The molecule has 0 aromatic carbocycles. The molecule has 1 rings (SSSR count). The predicted octanol–water partition coefficient (Wildman–Crippen LogP) is -1.42. The zero-order chi connectivity index (χ0) is 15.5. The maximum atomic E-state index is 11.7. The number of carboxylic acid groups (broad SMARTS) is 2. The van der Waals surface area contributed by atoms with E-state index in [0.29, 0.717) is 0 Å². The van der Waals surface area contributed by atoms with Gasteiger partial charge in [-0.2, -0.15) is 0 Å². The normalized spacial score (nSPS) is 20.9. The molecule has 1 amide bonds. The number of primary sulfonamides is 1. The van der Waals surface area contributed by atoms with Gasteiger partial charge in [0.2, 0.25) is 15.9 Å². The summed E-state index contributed by atoms with van der Waals surface area (Å²) in [6, 6.07) is -1.23. The van der Waals surface area contributed by atoms with Crippen molar-refractivity contribution in [1.29, 1.82) is 0 Å². The van der Waals surface area contributed by atoms with Crippen LogP contribution in [0.5, 0.6) is 0 Å². The van der Waals surface area contributed by atoms with Crippen molar-refractivity contribution in [3.8, 4) is 0 Å². The molecule has 0 saturated carbocycles. The minimum absolute atomic E-state index is 0.0509. The smallest absolute Gasteiger partial charge is 0.326 e. The SMILES string of the molecule is NS(=O)(=O)C1CC(=O)N([C@H](CCCC(=O)O)C(=O)O)C1. The van der Waals surface area contributed by atoms with Crippen molar-refractivity contribution in [3.63, 3.8) is 0 Å². The van der Waals surface area contributed by atoms with Crippen molar-refractivity contribution in [2.75, 3.05) is 6.54 Å². The van der Waals surface area contributed by atoms with Gasteiger partial charge in [0.05, 0.1) is 0 Å². The highest BCUT2D eigenvalue weighted by atomic mass is 32.2. The Kier molecular flexibility index (Phi) is 5.06. The molecule has 1 saturated heterocycles. The topological polar surface area (TPSA) is 155 Å². The second kappa shape index (κ2) is 6.18. The van der Waals surface area contributed by atoms with E-state index in [-0.39, 0.29) is 32.2 Å². The van der Waals surface area contributed by atoms with Crippen LogP contribution in [0, 0.1) is 0 Å². The van der Waals surface area contributed by atoms with E-state index in [1.165, 1.54) is 0 Å². The van der Waals surface area contributed by atoms with Gasteiger partial charge >= 0.3 is 11.9 Å². The Morgan fingerprint density at radius 1 is 1.40 bits per heavy atom. The quantitative estimate of drug-likeness (QED) is 0.521. The molecule has 0 aromatic heterocycles. The van der Waals surface area contributed by atoms with E-state index in [1.54, 1.807) is 0 Å². The molecule has 114 valence electrons. The predicted molar refractivity (Wildman–Crippen MR) is 66.1 cm³/mol. The summed E-state index contributed by atoms with van der Waals surface area (Å²) in [4.78, 5) is 34.2. The van der Waals surface area contributed by atoms with Gasteiger partial charge in [-0.1, -0.05) is 0 Å². The standard InChI is InChI=1S/C10H16N2O7S/c11-20(18,19)6-4-8(13)12(5-6)7(10(16)17)2-1-3-9(14)15/h6-7H,1-5H2,(H,14,15)(H,16,17)(H2,11,18,19)/t6?,7-/m1/s1. The molecule has 4 N–H and O–H groups in total. The summed E-state index contributed by atoms with van der Waals surface area (Å²) in [7, 11) is -3.91. The molecule has 1 unspecified atom stereocenters. The monoisotopic (exact) mass is 308 g/mol. The van der Waals surface area contributed by atoms with Crippen LogP contribution in [0.25, 0.3) is 0 Å². The fourth-order valence-electron chi connectivity index (χ4n) is 2.08. The molecule has 10 heteroatoms. The molecule has 1 fully saturated rings. The van der Waals surface area contributed by atoms with Crippen LogP contribution in [0.2, 0.25) is 0 Å². The molecule has 0 aromatic rings. The molecule has 20 heavy (non-hydrogen) atoms. The minimum atomic E-state index is -3.91. The summed E-state index contributed by atoms with van der Waals surface area (Å²) in [5.74, 6) is -2.96. The molecule has 0 spiro atoms. The van der Waals surface area contributed by atoms with Gasteiger partial charge in [0.1, 0.15) is 11.3 Å². The molecule has 1 aliphatic rings. The first-order chi connectivity index (χ1) is 9.12. The summed E-state index contributed by atoms with van der Waals surface area (Å²) < 4.78 is 22.4. The lowest BCUT2D eigenvalue weighted by atomic mass is 10.1. The fraction of sp³-hybridized carbons (Fsp3) is 0.700. The number of likely N-dealkylation sites (tertiary alicyclic amines) is 1. The summed E-state index contributed by atoms with van der Waals surface area (Å²) in [5.41, 5.74) is 0. The molecule has 1 aliphatic heterocycles. The van der Waals surface area contributed by atoms with Gasteiger partial charge in [-0.3, -0.25) is 9.59 Å². The Balaban J connectivity index is 2.75. The van der Waals surface area contributed by atoms with Crippen LogP contribution in [0.3, 0.4) is 0 Å². The maximum Gasteiger partial charge on any atom is 0.326 e. The number of sulfonamides is 1. The van der Waals surface area contributed by atoms with E-state index in [0.717, 1.165) is 4.90 Å². The van der Waals surface area contributed by atoms with Crippen LogP contribution in [-0.2, 0) is 24.4 Å². The largest absolute Gasteiger partial charge is 0.481 e. The Hall–Kier alpha value is -1.68. The number of hydrogen-bond acceptors (Lipinski definition) is 5. The second-order valence-corrected chi connectivity index (χ2v) is 6.45. The first-order valence-corrected chi connectivity index (χ1v) is 7.49. The average molecular weight is 308 g/mol. The van der Waals surface area contributed by atoms with Crippen molar-refractivity contribution in [3.05, 3.63) is 0 Å². The lowest BCUT2D eigenvalue weighted by Crippen LogP contribution is -2.43. The second-order valence-electron chi connectivity index (χ2n) is 4.60. The van der Waals surface area contributed by atoms with Crippen molar-refractivity contribution in [1.82, 2.24) is 4.90 Å². The van der Waals surface area contributed by atoms with Gasteiger partial charge in [-0.05, 0) is 12.8 Å². The summed E-state index contributed by atoms with van der Waals surface area (Å²) in [5, 5.41) is 21.4. The molecular weight excluding hydrogens is 292 g/mol. The molecule has 2 atom stereocenters. The minimum Gasteiger partial charge on any atom is -0.481 e. The summed E-state index contributed by atoms with van der Waals surface area (Å²) in [6.07, 6.45) is -0.535. The number of nitrogens with zero attached hydrogens (tertiary/aromatic N) is 1. The highest BCUT2D eigenvalue weighted by Crippen LogP contribution is 2.21.